The van der Waals surface area contributed by atoms with E-state index in [1.54, 1.807) is 67.6 Å². The molecule has 2 aromatic carbocycles. The second-order valence-electron chi connectivity index (χ2n) is 10.0. The number of amides is 2. The third-order valence-electron chi connectivity index (χ3n) is 6.69. The van der Waals surface area contributed by atoms with Crippen LogP contribution in [0.5, 0.6) is 5.75 Å². The Morgan fingerprint density at radius 1 is 1.20 bits per heavy atom. The number of nitrogens with one attached hydrogen (secondary N) is 1. The van der Waals surface area contributed by atoms with Crippen LogP contribution in [-0.4, -0.2) is 27.9 Å². The Hall–Kier alpha value is -4.03. The zero-order chi connectivity index (χ0) is 30.2. The van der Waals surface area contributed by atoms with E-state index in [-0.39, 0.29) is 23.0 Å². The van der Waals surface area contributed by atoms with Gasteiger partial charge >= 0.3 is 5.91 Å². The topological polar surface area (TPSA) is 109 Å². The molecule has 1 aromatic heterocycles. The fourth-order valence-electron chi connectivity index (χ4n) is 4.47. The zero-order valence-electron chi connectivity index (χ0n) is 23.6. The third-order valence-corrected chi connectivity index (χ3v) is 7.02. The molecule has 0 radical (unpaired) electrons. The van der Waals surface area contributed by atoms with E-state index in [2.05, 4.69) is 24.7 Å². The second kappa shape index (κ2) is 14.0. The lowest BCUT2D eigenvalue weighted by Gasteiger charge is -2.18. The lowest BCUT2D eigenvalue weighted by molar-refractivity contribution is 0.0929. The lowest BCUT2D eigenvalue weighted by Crippen LogP contribution is -2.40. The predicted molar refractivity (Wildman–Crippen MR) is 164 cm³/mol. The van der Waals surface area contributed by atoms with Crippen molar-refractivity contribution in [3.8, 4) is 5.75 Å². The van der Waals surface area contributed by atoms with Gasteiger partial charge in [0.2, 0.25) is 0 Å². The summed E-state index contributed by atoms with van der Waals surface area (Å²) in [7, 11) is 2.18. The number of phenols is 1. The number of carbonyl (C=O) groups is 2. The van der Waals surface area contributed by atoms with Gasteiger partial charge in [-0.2, -0.15) is 0 Å². The fraction of sp³-hybridized carbons (Fsp3) is 0.281. The number of aromatic hydroxyl groups is 1. The first kappa shape index (κ1) is 31.5. The molecule has 0 aliphatic rings. The highest BCUT2D eigenvalue weighted by atomic mass is 31.0. The van der Waals surface area contributed by atoms with Gasteiger partial charge in [0, 0.05) is 16.4 Å². The number of rotatable bonds is 10. The van der Waals surface area contributed by atoms with E-state index in [0.29, 0.717) is 29.0 Å². The van der Waals surface area contributed by atoms with Crippen molar-refractivity contribution < 1.29 is 19.1 Å². The van der Waals surface area contributed by atoms with E-state index in [4.69, 9.17) is 0 Å². The number of pyridine rings is 1. The number of nitroso groups, excluding NO2 is 1. The van der Waals surface area contributed by atoms with Crippen molar-refractivity contribution in [2.45, 2.75) is 58.4 Å². The molecule has 3 aromatic rings. The highest BCUT2D eigenvalue weighted by molar-refractivity contribution is 7.18. The van der Waals surface area contributed by atoms with Crippen molar-refractivity contribution in [3.05, 3.63) is 104 Å². The van der Waals surface area contributed by atoms with Gasteiger partial charge in [-0.1, -0.05) is 65.1 Å². The molecular formula is C32H35FN3O4P. The molecule has 7 nitrogen and oxygen atoms in total. The highest BCUT2D eigenvalue weighted by Gasteiger charge is 2.20. The summed E-state index contributed by atoms with van der Waals surface area (Å²) in [6, 6.07) is 14.9. The molecule has 0 bridgehead atoms. The number of phenolic OH excluding ortho intramolecular Hbond substituents is 1. The summed E-state index contributed by atoms with van der Waals surface area (Å²) in [5.74, 6) is -1.33. The fourth-order valence-corrected chi connectivity index (χ4v) is 4.65. The molecule has 0 saturated carbocycles. The van der Waals surface area contributed by atoms with Crippen molar-refractivity contribution in [1.82, 2.24) is 10.3 Å². The maximum Gasteiger partial charge on any atom is 0.317 e. The van der Waals surface area contributed by atoms with Crippen LogP contribution >= 0.6 is 9.24 Å². The van der Waals surface area contributed by atoms with E-state index in [1.807, 2.05) is 19.9 Å². The molecule has 0 saturated heterocycles. The van der Waals surface area contributed by atoms with Gasteiger partial charge in [-0.15, -0.1) is 4.91 Å². The van der Waals surface area contributed by atoms with Gasteiger partial charge in [-0.3, -0.25) is 9.59 Å². The van der Waals surface area contributed by atoms with Gasteiger partial charge in [-0.25, -0.2) is 9.37 Å². The number of hydrogen-bond donors (Lipinski definition) is 2. The second-order valence-corrected chi connectivity index (χ2v) is 11.1. The molecule has 214 valence electrons. The van der Waals surface area contributed by atoms with Crippen molar-refractivity contribution in [2.75, 3.05) is 0 Å². The number of hydrogen-bond acceptors (Lipinski definition) is 5. The molecule has 0 aliphatic heterocycles. The molecule has 9 heteroatoms. The van der Waals surface area contributed by atoms with E-state index in [9.17, 15) is 24.0 Å². The average Bonchev–Trinajstić information content (AvgIpc) is 2.95. The van der Waals surface area contributed by atoms with Crippen LogP contribution in [0.15, 0.2) is 65.9 Å². The number of halogens is 1. The molecule has 0 fully saturated rings. The summed E-state index contributed by atoms with van der Waals surface area (Å²) >= 11 is 0. The average molecular weight is 576 g/mol. The number of benzene rings is 2. The summed E-state index contributed by atoms with van der Waals surface area (Å²) in [5, 5.41) is 14.3. The van der Waals surface area contributed by atoms with Crippen molar-refractivity contribution in [3.63, 3.8) is 0 Å². The highest BCUT2D eigenvalue weighted by Crippen LogP contribution is 2.33. The molecule has 2 amide bonds. The molecule has 41 heavy (non-hydrogen) atoms. The number of aromatic nitrogens is 1. The van der Waals surface area contributed by atoms with Crippen LogP contribution in [0, 0.1) is 4.91 Å². The summed E-state index contributed by atoms with van der Waals surface area (Å²) in [6.45, 7) is 7.03. The standard InChI is InChI=1S/C32H35FN3O4P/c1-5-8-24(17-21-12-14-25(37)15-13-21)34-31(39)29-19-27(30(38)36-40)26(6-2)28(35-29)16-11-20(3)22-9-7-10-23(18-22)32(4,33)41/h6-7,9-16,18-19,24,37H,5,8,17,41H2,1-4H3,(H,34,39)/b20-11+,26-6-,28-16+. The summed E-state index contributed by atoms with van der Waals surface area (Å²) in [6.07, 6.45) is 7.12. The van der Waals surface area contributed by atoms with E-state index in [1.165, 1.54) is 13.0 Å². The van der Waals surface area contributed by atoms with E-state index >= 15 is 0 Å². The first-order valence-corrected chi connectivity index (χ1v) is 14.0. The molecule has 2 N–H and O–H groups in total. The van der Waals surface area contributed by atoms with Crippen LogP contribution in [0.4, 0.5) is 4.39 Å². The maximum atomic E-state index is 14.5. The summed E-state index contributed by atoms with van der Waals surface area (Å²) in [5.41, 5.74) is 3.00. The lowest BCUT2D eigenvalue weighted by atomic mass is 10.0. The SMILES string of the molecule is C/C=c1/c(C(=O)N=O)cc(C(=O)NC(CCC)Cc2ccc(O)cc2)n/c1=C/C=C(\C)c1cccc(C(C)(F)P)c1. The minimum absolute atomic E-state index is 0.0232. The van der Waals surface area contributed by atoms with Crippen molar-refractivity contribution in [2.24, 2.45) is 5.18 Å². The smallest absolute Gasteiger partial charge is 0.317 e. The Labute approximate surface area is 241 Å². The van der Waals surface area contributed by atoms with Crippen LogP contribution in [-0.2, 0) is 11.8 Å². The molecular weight excluding hydrogens is 540 g/mol. The quantitative estimate of drug-likeness (QED) is 0.244. The van der Waals surface area contributed by atoms with Crippen LogP contribution < -0.4 is 15.9 Å². The number of alkyl halides is 1. The van der Waals surface area contributed by atoms with Gasteiger partial charge in [0.05, 0.1) is 10.9 Å². The molecule has 1 heterocycles. The minimum atomic E-state index is -1.58. The first-order chi connectivity index (χ1) is 19.5. The summed E-state index contributed by atoms with van der Waals surface area (Å²) < 4.78 is 14.5. The monoisotopic (exact) mass is 575 g/mol. The van der Waals surface area contributed by atoms with Crippen molar-refractivity contribution >= 4 is 38.8 Å². The normalized spacial score (nSPS) is 14.8. The van der Waals surface area contributed by atoms with Crippen LogP contribution in [0.1, 0.15) is 78.1 Å². The van der Waals surface area contributed by atoms with Gasteiger partial charge in [0.15, 0.2) is 0 Å². The van der Waals surface area contributed by atoms with Crippen molar-refractivity contribution in [1.29, 1.82) is 0 Å². The van der Waals surface area contributed by atoms with Gasteiger partial charge in [0.1, 0.15) is 16.9 Å². The van der Waals surface area contributed by atoms with E-state index in [0.717, 1.165) is 23.1 Å². The Bertz CT molecular complexity index is 1580. The van der Waals surface area contributed by atoms with Crippen LogP contribution in [0.3, 0.4) is 0 Å². The molecule has 3 rings (SSSR count). The Morgan fingerprint density at radius 2 is 1.90 bits per heavy atom. The molecule has 3 unspecified atom stereocenters. The number of allylic oxidation sites excluding steroid dienone is 2. The van der Waals surface area contributed by atoms with E-state index < -0.39 is 17.2 Å². The Kier molecular flexibility index (Phi) is 10.8. The molecule has 3 atom stereocenters. The van der Waals surface area contributed by atoms with Crippen LogP contribution in [0.2, 0.25) is 0 Å². The number of carbonyl (C=O) groups excluding carboxylic acids is 2. The van der Waals surface area contributed by atoms with Gasteiger partial charge < -0.3 is 10.4 Å². The summed E-state index contributed by atoms with van der Waals surface area (Å²) in [4.78, 5) is 41.6. The third kappa shape index (κ3) is 8.48. The predicted octanol–water partition coefficient (Wildman–Crippen LogP) is 5.54. The number of nitrogens with zero attached hydrogens (tertiary/aromatic N) is 2. The van der Waals surface area contributed by atoms with Crippen LogP contribution in [0.25, 0.3) is 17.7 Å². The minimum Gasteiger partial charge on any atom is -0.508 e. The molecule has 0 aliphatic carbocycles. The van der Waals surface area contributed by atoms with Gasteiger partial charge in [-0.05, 0) is 86.2 Å². The van der Waals surface area contributed by atoms with Gasteiger partial charge in [0.25, 0.3) is 5.91 Å². The largest absolute Gasteiger partial charge is 0.508 e. The first-order valence-electron chi connectivity index (χ1n) is 13.4. The zero-order valence-corrected chi connectivity index (χ0v) is 24.8. The Morgan fingerprint density at radius 3 is 2.51 bits per heavy atom. The maximum absolute atomic E-state index is 14.5. The Balaban J connectivity index is 2.04. The molecule has 0 spiro atoms.